The molecule has 36 heavy (non-hydrogen) atoms. The van der Waals surface area contributed by atoms with Gasteiger partial charge in [0, 0.05) is 18.7 Å². The number of esters is 1. The van der Waals surface area contributed by atoms with Crippen LogP contribution in [-0.4, -0.2) is 30.2 Å². The van der Waals surface area contributed by atoms with Crippen molar-refractivity contribution in [2.45, 2.75) is 47.0 Å². The Bertz CT molecular complexity index is 1330. The van der Waals surface area contributed by atoms with E-state index in [4.69, 9.17) is 4.74 Å². The van der Waals surface area contributed by atoms with Gasteiger partial charge in [-0.1, -0.05) is 17.7 Å². The predicted molar refractivity (Wildman–Crippen MR) is 136 cm³/mol. The lowest BCUT2D eigenvalue weighted by molar-refractivity contribution is -0.139. The molecule has 0 aromatic heterocycles. The summed E-state index contributed by atoms with van der Waals surface area (Å²) in [5, 5.41) is 0. The molecular weight excluding hydrogens is 456 g/mol. The molecule has 0 bridgehead atoms. The molecule has 2 aromatic carbocycles. The molecule has 1 aliphatic carbocycles. The average Bonchev–Trinajstić information content (AvgIpc) is 3.33. The number of rotatable bonds is 4. The number of aryl methyl sites for hydroxylation is 3. The van der Waals surface area contributed by atoms with Crippen molar-refractivity contribution in [1.29, 1.82) is 0 Å². The summed E-state index contributed by atoms with van der Waals surface area (Å²) in [6, 6.07) is 10.7. The van der Waals surface area contributed by atoms with E-state index in [9.17, 15) is 19.2 Å². The number of hydrogen-bond acceptors (Lipinski definition) is 5. The summed E-state index contributed by atoms with van der Waals surface area (Å²) in [4.78, 5) is 54.5. The van der Waals surface area contributed by atoms with Gasteiger partial charge in [0.05, 0.1) is 23.4 Å². The van der Waals surface area contributed by atoms with Crippen LogP contribution in [-0.2, 0) is 19.2 Å². The molecule has 2 saturated heterocycles. The van der Waals surface area contributed by atoms with Crippen LogP contribution in [0, 0.1) is 38.5 Å². The third-order valence-electron chi connectivity index (χ3n) is 7.71. The van der Waals surface area contributed by atoms with E-state index in [1.54, 1.807) is 30.0 Å². The van der Waals surface area contributed by atoms with Gasteiger partial charge < -0.3 is 9.64 Å². The van der Waals surface area contributed by atoms with E-state index in [0.717, 1.165) is 22.4 Å². The van der Waals surface area contributed by atoms with Crippen molar-refractivity contribution >= 4 is 35.1 Å². The van der Waals surface area contributed by atoms with Crippen molar-refractivity contribution in [2.24, 2.45) is 17.8 Å². The average molecular weight is 487 g/mol. The van der Waals surface area contributed by atoms with E-state index < -0.39 is 11.9 Å². The number of nitrogens with zero attached hydrogens (tertiary/aromatic N) is 2. The molecule has 2 heterocycles. The van der Waals surface area contributed by atoms with E-state index >= 15 is 0 Å². The molecule has 7 heteroatoms. The standard InChI is InChI=1S/C29H30N2O5/c1-16-5-9-23-24(11-16)28(34)31(27(23)33)25-10-8-22(13-19(25)4)36-29(35)20-14-26(32)30(15-20)21-7-6-17(2)18(3)12-21/h5-8,10,12-13,20,23-24H,9,11,14-15H2,1-4H3/t20-,23+,24+/m1/s1. The highest BCUT2D eigenvalue weighted by Crippen LogP contribution is 2.41. The summed E-state index contributed by atoms with van der Waals surface area (Å²) in [6.07, 6.45) is 3.33. The maximum Gasteiger partial charge on any atom is 0.316 e. The minimum Gasteiger partial charge on any atom is -0.426 e. The van der Waals surface area contributed by atoms with Crippen molar-refractivity contribution in [3.63, 3.8) is 0 Å². The van der Waals surface area contributed by atoms with Crippen LogP contribution in [0.4, 0.5) is 11.4 Å². The summed E-state index contributed by atoms with van der Waals surface area (Å²) in [6.45, 7) is 8.05. The van der Waals surface area contributed by atoms with Crippen LogP contribution in [0.5, 0.6) is 5.75 Å². The Hall–Kier alpha value is -3.74. The molecule has 2 aromatic rings. The summed E-state index contributed by atoms with van der Waals surface area (Å²) >= 11 is 0. The number of carbonyl (C=O) groups excluding carboxylic acids is 4. The fraction of sp³-hybridized carbons (Fsp3) is 0.379. The normalized spacial score (nSPS) is 23.7. The number of carbonyl (C=O) groups is 4. The molecular formula is C29H30N2O5. The van der Waals surface area contributed by atoms with Gasteiger partial charge in [-0.3, -0.25) is 19.2 Å². The van der Waals surface area contributed by atoms with Crippen molar-refractivity contribution < 1.29 is 23.9 Å². The molecule has 2 fully saturated rings. The highest BCUT2D eigenvalue weighted by atomic mass is 16.5. The zero-order valence-electron chi connectivity index (χ0n) is 21.0. The lowest BCUT2D eigenvalue weighted by Crippen LogP contribution is -2.31. The Morgan fingerprint density at radius 2 is 1.61 bits per heavy atom. The predicted octanol–water partition coefficient (Wildman–Crippen LogP) is 4.42. The second kappa shape index (κ2) is 9.04. The first-order valence-corrected chi connectivity index (χ1v) is 12.4. The number of allylic oxidation sites excluding steroid dienone is 2. The second-order valence-electron chi connectivity index (χ2n) is 10.3. The van der Waals surface area contributed by atoms with Gasteiger partial charge in [-0.15, -0.1) is 0 Å². The number of amides is 3. The molecule has 0 N–H and O–H groups in total. The monoisotopic (exact) mass is 486 g/mol. The quantitative estimate of drug-likeness (QED) is 0.277. The van der Waals surface area contributed by atoms with Crippen molar-refractivity contribution in [3.05, 3.63) is 64.7 Å². The topological polar surface area (TPSA) is 84.0 Å². The maximum atomic E-state index is 13.1. The van der Waals surface area contributed by atoms with Gasteiger partial charge in [0.15, 0.2) is 0 Å². The lowest BCUT2D eigenvalue weighted by Gasteiger charge is -2.19. The molecule has 2 aliphatic heterocycles. The highest BCUT2D eigenvalue weighted by molar-refractivity contribution is 6.22. The minimum atomic E-state index is -0.570. The van der Waals surface area contributed by atoms with Crippen LogP contribution >= 0.6 is 0 Å². The molecule has 0 saturated carbocycles. The highest BCUT2D eigenvalue weighted by Gasteiger charge is 2.49. The van der Waals surface area contributed by atoms with Gasteiger partial charge >= 0.3 is 5.97 Å². The van der Waals surface area contributed by atoms with Gasteiger partial charge in [0.2, 0.25) is 17.7 Å². The molecule has 0 spiro atoms. The van der Waals surface area contributed by atoms with Gasteiger partial charge in [-0.25, -0.2) is 4.90 Å². The smallest absolute Gasteiger partial charge is 0.316 e. The first-order chi connectivity index (χ1) is 17.1. The third-order valence-corrected chi connectivity index (χ3v) is 7.71. The Labute approximate surface area is 210 Å². The van der Waals surface area contributed by atoms with Crippen molar-refractivity contribution in [1.82, 2.24) is 0 Å². The molecule has 0 unspecified atom stereocenters. The number of imide groups is 1. The zero-order valence-corrected chi connectivity index (χ0v) is 21.0. The number of fused-ring (bicyclic) bond motifs is 1. The number of benzene rings is 2. The first kappa shape index (κ1) is 24.0. The molecule has 7 nitrogen and oxygen atoms in total. The van der Waals surface area contributed by atoms with Crippen LogP contribution < -0.4 is 14.5 Å². The van der Waals surface area contributed by atoms with Gasteiger partial charge in [0.1, 0.15) is 5.75 Å². The first-order valence-electron chi connectivity index (χ1n) is 12.4. The lowest BCUT2D eigenvalue weighted by atomic mass is 9.82. The fourth-order valence-corrected chi connectivity index (χ4v) is 5.43. The Morgan fingerprint density at radius 1 is 0.861 bits per heavy atom. The maximum absolute atomic E-state index is 13.1. The van der Waals surface area contributed by atoms with Crippen molar-refractivity contribution in [3.8, 4) is 5.75 Å². The molecule has 3 atom stereocenters. The molecule has 3 aliphatic rings. The van der Waals surface area contributed by atoms with Crippen LogP contribution in [0.2, 0.25) is 0 Å². The molecule has 5 rings (SSSR count). The van der Waals surface area contributed by atoms with Gasteiger partial charge in [-0.05, 0) is 87.6 Å². The van der Waals surface area contributed by atoms with E-state index in [-0.39, 0.29) is 42.5 Å². The number of ether oxygens (including phenoxy) is 1. The molecule has 186 valence electrons. The summed E-state index contributed by atoms with van der Waals surface area (Å²) in [5.74, 6) is -1.77. The summed E-state index contributed by atoms with van der Waals surface area (Å²) < 4.78 is 5.62. The molecule has 0 radical (unpaired) electrons. The van der Waals surface area contributed by atoms with E-state index in [1.165, 1.54) is 4.90 Å². The summed E-state index contributed by atoms with van der Waals surface area (Å²) in [5.41, 5.74) is 5.34. The van der Waals surface area contributed by atoms with Crippen LogP contribution in [0.15, 0.2) is 48.0 Å². The van der Waals surface area contributed by atoms with Gasteiger partial charge in [0.25, 0.3) is 0 Å². The van der Waals surface area contributed by atoms with Gasteiger partial charge in [-0.2, -0.15) is 0 Å². The van der Waals surface area contributed by atoms with Crippen LogP contribution in [0.3, 0.4) is 0 Å². The van der Waals surface area contributed by atoms with Crippen LogP contribution in [0.1, 0.15) is 42.9 Å². The Balaban J connectivity index is 1.28. The SMILES string of the molecule is CC1=CC[C@@H]2C(=O)N(c3ccc(OC(=O)[C@@H]4CC(=O)N(c5ccc(C)c(C)c5)C4)cc3C)C(=O)[C@H]2C1. The summed E-state index contributed by atoms with van der Waals surface area (Å²) in [7, 11) is 0. The van der Waals surface area contributed by atoms with Crippen LogP contribution in [0.25, 0.3) is 0 Å². The number of hydrogen-bond donors (Lipinski definition) is 0. The number of anilines is 2. The third kappa shape index (κ3) is 4.12. The van der Waals surface area contributed by atoms with Crippen molar-refractivity contribution in [2.75, 3.05) is 16.3 Å². The van der Waals surface area contributed by atoms with E-state index in [1.807, 2.05) is 45.0 Å². The minimum absolute atomic E-state index is 0.0931. The Morgan fingerprint density at radius 3 is 2.33 bits per heavy atom. The van der Waals surface area contributed by atoms with E-state index in [2.05, 4.69) is 0 Å². The largest absolute Gasteiger partial charge is 0.426 e. The second-order valence-corrected chi connectivity index (χ2v) is 10.3. The molecule has 3 amide bonds. The van der Waals surface area contributed by atoms with E-state index in [0.29, 0.717) is 29.8 Å². The fourth-order valence-electron chi connectivity index (χ4n) is 5.43. The zero-order chi connectivity index (χ0) is 25.7. The Kier molecular flexibility index (Phi) is 6.02.